The molecule has 2 amide bonds. The molecule has 6 rings (SSSR count). The highest BCUT2D eigenvalue weighted by Crippen LogP contribution is 2.34. The number of aryl methyl sites for hydroxylation is 2. The number of hydrogen-bond acceptors (Lipinski definition) is 5. The van der Waals surface area contributed by atoms with E-state index in [1.165, 1.54) is 19.1 Å². The van der Waals surface area contributed by atoms with Crippen LogP contribution in [0.2, 0.25) is 0 Å². The van der Waals surface area contributed by atoms with Gasteiger partial charge in [0.1, 0.15) is 17.6 Å². The number of aromatic nitrogens is 4. The average Bonchev–Trinajstić information content (AvgIpc) is 3.53. The van der Waals surface area contributed by atoms with Gasteiger partial charge < -0.3 is 25.1 Å². The number of benzene rings is 1. The molecule has 13 heteroatoms. The summed E-state index contributed by atoms with van der Waals surface area (Å²) in [6.07, 6.45) is 1.14. The SMILES string of the molecule is C[C@@H]1CCCCCn2c(-c3nc4cc(C(=O)N[C@H]5CNCC[C@@H]5F)c(F)cc4n3C)cc3ccc(nc32)[C@@H](C)NC(=O)C1(F)F. The van der Waals surface area contributed by atoms with Crippen molar-refractivity contribution in [1.82, 2.24) is 35.1 Å². The summed E-state index contributed by atoms with van der Waals surface area (Å²) in [6.45, 7) is 4.34. The second kappa shape index (κ2) is 12.1. The van der Waals surface area contributed by atoms with E-state index in [1.54, 1.807) is 24.6 Å². The van der Waals surface area contributed by atoms with Gasteiger partial charge in [0, 0.05) is 37.5 Å². The number of alkyl halides is 3. The van der Waals surface area contributed by atoms with Crippen molar-refractivity contribution in [2.24, 2.45) is 13.0 Å². The van der Waals surface area contributed by atoms with E-state index in [0.29, 0.717) is 60.6 Å². The molecule has 2 bridgehead atoms. The summed E-state index contributed by atoms with van der Waals surface area (Å²) in [5.41, 5.74) is 2.43. The molecule has 1 aromatic carbocycles. The molecule has 4 atom stereocenters. The summed E-state index contributed by atoms with van der Waals surface area (Å²) in [7, 11) is 1.76. The predicted molar refractivity (Wildman–Crippen MR) is 162 cm³/mol. The van der Waals surface area contributed by atoms with Crippen molar-refractivity contribution in [3.05, 3.63) is 47.4 Å². The van der Waals surface area contributed by atoms with Gasteiger partial charge in [-0.2, -0.15) is 8.78 Å². The van der Waals surface area contributed by atoms with Gasteiger partial charge >= 0.3 is 5.92 Å². The molecule has 3 N–H and O–H groups in total. The fourth-order valence-corrected chi connectivity index (χ4v) is 6.29. The number of pyridine rings is 1. The van der Waals surface area contributed by atoms with Crippen LogP contribution < -0.4 is 16.0 Å². The van der Waals surface area contributed by atoms with Gasteiger partial charge in [-0.05, 0) is 57.0 Å². The lowest BCUT2D eigenvalue weighted by atomic mass is 9.95. The Morgan fingerprint density at radius 3 is 2.67 bits per heavy atom. The van der Waals surface area contributed by atoms with Crippen molar-refractivity contribution >= 4 is 33.9 Å². The van der Waals surface area contributed by atoms with Gasteiger partial charge in [-0.25, -0.2) is 18.7 Å². The van der Waals surface area contributed by atoms with E-state index in [0.717, 1.165) is 11.1 Å². The monoisotopic (exact) mass is 627 g/mol. The molecule has 0 spiro atoms. The Morgan fingerprint density at radius 1 is 1.09 bits per heavy atom. The summed E-state index contributed by atoms with van der Waals surface area (Å²) in [5.74, 6) is -6.82. The van der Waals surface area contributed by atoms with Crippen molar-refractivity contribution in [2.75, 3.05) is 13.1 Å². The maximum Gasteiger partial charge on any atom is 0.327 e. The minimum Gasteiger partial charge on any atom is -0.345 e. The lowest BCUT2D eigenvalue weighted by Gasteiger charge is -2.27. The topological polar surface area (TPSA) is 106 Å². The number of imidazole rings is 1. The molecule has 9 nitrogen and oxygen atoms in total. The number of rotatable bonds is 3. The van der Waals surface area contributed by atoms with Crippen molar-refractivity contribution in [1.29, 1.82) is 0 Å². The normalized spacial score (nSPS) is 24.5. The fraction of sp³-hybridized carbons (Fsp3) is 0.500. The number of hydrogen-bond donors (Lipinski definition) is 3. The van der Waals surface area contributed by atoms with Crippen LogP contribution >= 0.6 is 0 Å². The van der Waals surface area contributed by atoms with Crippen molar-refractivity contribution in [3.63, 3.8) is 0 Å². The molecule has 0 radical (unpaired) electrons. The minimum absolute atomic E-state index is 0.210. The first-order valence-corrected chi connectivity index (χ1v) is 15.5. The Balaban J connectivity index is 1.38. The zero-order valence-corrected chi connectivity index (χ0v) is 25.5. The maximum atomic E-state index is 15.3. The molecular weight excluding hydrogens is 590 g/mol. The fourth-order valence-electron chi connectivity index (χ4n) is 6.29. The van der Waals surface area contributed by atoms with Crippen LogP contribution in [0.3, 0.4) is 0 Å². The first-order valence-electron chi connectivity index (χ1n) is 15.5. The highest BCUT2D eigenvalue weighted by Gasteiger charge is 2.44. The molecular formula is C32H37F4N7O2. The van der Waals surface area contributed by atoms with E-state index in [4.69, 9.17) is 9.97 Å². The van der Waals surface area contributed by atoms with Gasteiger partial charge in [0.15, 0.2) is 5.82 Å². The summed E-state index contributed by atoms with van der Waals surface area (Å²) >= 11 is 0. The molecule has 2 aliphatic heterocycles. The third-order valence-corrected chi connectivity index (χ3v) is 9.15. The van der Waals surface area contributed by atoms with Crippen LogP contribution in [0.5, 0.6) is 0 Å². The highest BCUT2D eigenvalue weighted by atomic mass is 19.3. The number of piperidine rings is 1. The Bertz CT molecular complexity index is 1770. The molecule has 4 aromatic rings. The summed E-state index contributed by atoms with van der Waals surface area (Å²) in [4.78, 5) is 35.1. The van der Waals surface area contributed by atoms with Crippen LogP contribution in [-0.4, -0.2) is 62.1 Å². The number of nitrogens with zero attached hydrogens (tertiary/aromatic N) is 4. The first kappa shape index (κ1) is 31.0. The molecule has 0 unspecified atom stereocenters. The Kier molecular flexibility index (Phi) is 8.31. The second-order valence-electron chi connectivity index (χ2n) is 12.3. The number of fused-ring (bicyclic) bond motifs is 2. The van der Waals surface area contributed by atoms with Gasteiger partial charge in [-0.15, -0.1) is 0 Å². The third kappa shape index (κ3) is 5.78. The molecule has 2 aliphatic rings. The van der Waals surface area contributed by atoms with Crippen LogP contribution in [0.1, 0.15) is 68.0 Å². The van der Waals surface area contributed by atoms with Crippen LogP contribution in [0.4, 0.5) is 17.6 Å². The molecule has 45 heavy (non-hydrogen) atoms. The predicted octanol–water partition coefficient (Wildman–Crippen LogP) is 5.18. The van der Waals surface area contributed by atoms with Crippen LogP contribution in [0.15, 0.2) is 30.3 Å². The van der Waals surface area contributed by atoms with E-state index in [9.17, 15) is 22.8 Å². The molecule has 5 heterocycles. The number of nitrogens with one attached hydrogen (secondary N) is 3. The summed E-state index contributed by atoms with van der Waals surface area (Å²) < 4.78 is 63.0. The van der Waals surface area contributed by atoms with Crippen molar-refractivity contribution < 1.29 is 27.2 Å². The number of carbonyl (C=O) groups is 2. The zero-order chi connectivity index (χ0) is 32.0. The van der Waals surface area contributed by atoms with Crippen molar-refractivity contribution in [2.45, 2.75) is 76.7 Å². The molecule has 240 valence electrons. The molecule has 3 aromatic heterocycles. The van der Waals surface area contributed by atoms with Crippen LogP contribution in [0, 0.1) is 11.7 Å². The standard InChI is InChI=1S/C32H37F4N7O2/c1-17-7-5-4-6-12-43-27(13-19-8-9-23(39-28(19)43)18(2)38-31(45)32(17,35)36)29-40-24-14-20(22(34)15-26(24)42(29)3)30(44)41-25-16-37-11-10-21(25)33/h8-9,13-15,17-18,21,25,37H,4-7,10-12,16H2,1-3H3,(H,38,45)(H,41,44)/t17-,18-,21+,25+/m1/s1. The summed E-state index contributed by atoms with van der Waals surface area (Å²) in [5, 5.41) is 8.88. The van der Waals surface area contributed by atoms with Gasteiger partial charge in [0.2, 0.25) is 0 Å². The van der Waals surface area contributed by atoms with E-state index in [-0.39, 0.29) is 24.9 Å². The van der Waals surface area contributed by atoms with Gasteiger partial charge in [0.05, 0.1) is 40.1 Å². The first-order chi connectivity index (χ1) is 21.5. The lowest BCUT2D eigenvalue weighted by Crippen LogP contribution is -2.52. The van der Waals surface area contributed by atoms with Crippen LogP contribution in [0.25, 0.3) is 33.6 Å². The van der Waals surface area contributed by atoms with E-state index >= 15 is 4.39 Å². The molecule has 1 fully saturated rings. The number of halogens is 4. The molecule has 1 saturated heterocycles. The minimum atomic E-state index is -3.49. The van der Waals surface area contributed by atoms with E-state index in [1.807, 2.05) is 16.7 Å². The summed E-state index contributed by atoms with van der Waals surface area (Å²) in [6, 6.07) is 6.59. The maximum absolute atomic E-state index is 15.3. The van der Waals surface area contributed by atoms with Gasteiger partial charge in [-0.3, -0.25) is 9.59 Å². The van der Waals surface area contributed by atoms with E-state index < -0.39 is 47.7 Å². The molecule has 0 aliphatic carbocycles. The third-order valence-electron chi connectivity index (χ3n) is 9.15. The highest BCUT2D eigenvalue weighted by molar-refractivity contribution is 5.98. The lowest BCUT2D eigenvalue weighted by molar-refractivity contribution is -0.154. The largest absolute Gasteiger partial charge is 0.345 e. The Morgan fingerprint density at radius 2 is 1.89 bits per heavy atom. The number of carbonyl (C=O) groups excluding carboxylic acids is 2. The van der Waals surface area contributed by atoms with Crippen molar-refractivity contribution in [3.8, 4) is 11.5 Å². The van der Waals surface area contributed by atoms with E-state index in [2.05, 4.69) is 16.0 Å². The second-order valence-corrected chi connectivity index (χ2v) is 12.3. The smallest absolute Gasteiger partial charge is 0.327 e. The van der Waals surface area contributed by atoms with Gasteiger partial charge in [-0.1, -0.05) is 19.8 Å². The van der Waals surface area contributed by atoms with Gasteiger partial charge in [0.25, 0.3) is 11.8 Å². The quantitative estimate of drug-likeness (QED) is 0.272. The molecule has 0 saturated carbocycles. The van der Waals surface area contributed by atoms with Crippen LogP contribution in [-0.2, 0) is 18.4 Å². The Hall–Kier alpha value is -4.00. The Labute approximate surface area is 257 Å². The number of amides is 2. The zero-order valence-electron chi connectivity index (χ0n) is 25.5. The average molecular weight is 628 g/mol.